The highest BCUT2D eigenvalue weighted by molar-refractivity contribution is 5.82. The van der Waals surface area contributed by atoms with Crippen molar-refractivity contribution in [3.63, 3.8) is 0 Å². The van der Waals surface area contributed by atoms with Crippen LogP contribution in [0.1, 0.15) is 12.5 Å². The third-order valence-corrected chi connectivity index (χ3v) is 1.65. The molecular formula is C13H12O3. The lowest BCUT2D eigenvalue weighted by Crippen LogP contribution is -1.98. The van der Waals surface area contributed by atoms with Gasteiger partial charge >= 0.3 is 5.97 Å². The molecule has 0 aromatic heterocycles. The largest absolute Gasteiger partial charge is 0.508 e. The van der Waals surface area contributed by atoms with Crippen molar-refractivity contribution in [2.45, 2.75) is 6.92 Å². The first-order valence-corrected chi connectivity index (χ1v) is 4.86. The van der Waals surface area contributed by atoms with Gasteiger partial charge in [-0.2, -0.15) is 0 Å². The van der Waals surface area contributed by atoms with Gasteiger partial charge in [-0.25, -0.2) is 4.79 Å². The Kier molecular flexibility index (Phi) is 4.68. The maximum absolute atomic E-state index is 10.9. The number of hydrogen-bond acceptors (Lipinski definition) is 3. The molecule has 1 aromatic carbocycles. The van der Waals surface area contributed by atoms with Crippen molar-refractivity contribution in [3.05, 3.63) is 42.0 Å². The van der Waals surface area contributed by atoms with E-state index in [-0.39, 0.29) is 5.75 Å². The summed E-state index contributed by atoms with van der Waals surface area (Å²) in [5.41, 5.74) is 0.688. The number of phenols is 1. The number of esters is 1. The minimum atomic E-state index is -0.410. The standard InChI is InChI=1S/C13H12O3/c1-2-16-13(15)9-4-3-6-11-7-5-8-12(14)10-11/h4-5,7-10,14H,2H2,1H3/b9-4-. The number of carbonyl (C=O) groups is 1. The van der Waals surface area contributed by atoms with Crippen LogP contribution in [0.3, 0.4) is 0 Å². The van der Waals surface area contributed by atoms with Gasteiger partial charge < -0.3 is 9.84 Å². The first kappa shape index (κ1) is 11.9. The van der Waals surface area contributed by atoms with E-state index in [1.165, 1.54) is 12.2 Å². The Morgan fingerprint density at radius 2 is 2.38 bits per heavy atom. The van der Waals surface area contributed by atoms with Crippen LogP contribution < -0.4 is 0 Å². The average molecular weight is 216 g/mol. The fraction of sp³-hybridized carbons (Fsp3) is 0.154. The number of rotatable bonds is 2. The van der Waals surface area contributed by atoms with Crippen molar-refractivity contribution < 1.29 is 14.6 Å². The second-order valence-electron chi connectivity index (χ2n) is 2.91. The lowest BCUT2D eigenvalue weighted by molar-refractivity contribution is -0.137. The van der Waals surface area contributed by atoms with Crippen LogP contribution in [0, 0.1) is 11.8 Å². The Balaban J connectivity index is 2.59. The molecule has 0 amide bonds. The molecule has 82 valence electrons. The summed E-state index contributed by atoms with van der Waals surface area (Å²) >= 11 is 0. The molecule has 0 saturated heterocycles. The summed E-state index contributed by atoms with van der Waals surface area (Å²) in [5, 5.41) is 9.17. The molecule has 16 heavy (non-hydrogen) atoms. The van der Waals surface area contributed by atoms with Crippen LogP contribution in [-0.2, 0) is 9.53 Å². The molecule has 0 aliphatic carbocycles. The van der Waals surface area contributed by atoms with Crippen molar-refractivity contribution in [1.29, 1.82) is 0 Å². The lowest BCUT2D eigenvalue weighted by Gasteiger charge is -1.92. The number of benzene rings is 1. The lowest BCUT2D eigenvalue weighted by atomic mass is 10.2. The van der Waals surface area contributed by atoms with Gasteiger partial charge in [-0.05, 0) is 31.2 Å². The molecule has 0 fully saturated rings. The third kappa shape index (κ3) is 4.34. The zero-order valence-electron chi connectivity index (χ0n) is 8.93. The quantitative estimate of drug-likeness (QED) is 0.466. The molecular weight excluding hydrogens is 204 g/mol. The monoisotopic (exact) mass is 216 g/mol. The summed E-state index contributed by atoms with van der Waals surface area (Å²) in [4.78, 5) is 10.9. The van der Waals surface area contributed by atoms with Crippen LogP contribution in [0.15, 0.2) is 36.4 Å². The van der Waals surface area contributed by atoms with Crippen LogP contribution >= 0.6 is 0 Å². The second kappa shape index (κ2) is 6.31. The van der Waals surface area contributed by atoms with Gasteiger partial charge in [-0.15, -0.1) is 0 Å². The Morgan fingerprint density at radius 3 is 3.06 bits per heavy atom. The Morgan fingerprint density at radius 1 is 1.56 bits per heavy atom. The number of ether oxygens (including phenoxy) is 1. The maximum atomic E-state index is 10.9. The average Bonchev–Trinajstić information content (AvgIpc) is 2.25. The SMILES string of the molecule is CCOC(=O)/C=C\C#Cc1cccc(O)c1. The van der Waals surface area contributed by atoms with E-state index in [2.05, 4.69) is 16.6 Å². The molecule has 3 nitrogen and oxygen atoms in total. The molecule has 0 spiro atoms. The fourth-order valence-corrected chi connectivity index (χ4v) is 1.01. The molecule has 3 heteroatoms. The van der Waals surface area contributed by atoms with E-state index >= 15 is 0 Å². The molecule has 0 aliphatic heterocycles. The number of aromatic hydroxyl groups is 1. The fourth-order valence-electron chi connectivity index (χ4n) is 1.01. The molecule has 0 aliphatic rings. The van der Waals surface area contributed by atoms with Crippen LogP contribution in [0.5, 0.6) is 5.75 Å². The van der Waals surface area contributed by atoms with Crippen LogP contribution in [0.4, 0.5) is 0 Å². The zero-order chi connectivity index (χ0) is 11.8. The Labute approximate surface area is 94.4 Å². The molecule has 0 atom stereocenters. The minimum absolute atomic E-state index is 0.168. The van der Waals surface area contributed by atoms with Crippen molar-refractivity contribution in [3.8, 4) is 17.6 Å². The van der Waals surface area contributed by atoms with Gasteiger partial charge in [0.1, 0.15) is 5.75 Å². The molecule has 1 N–H and O–H groups in total. The molecule has 0 bridgehead atoms. The highest BCUT2D eigenvalue weighted by Crippen LogP contribution is 2.09. The summed E-state index contributed by atoms with van der Waals surface area (Å²) in [5.74, 6) is 5.21. The minimum Gasteiger partial charge on any atom is -0.508 e. The van der Waals surface area contributed by atoms with Gasteiger partial charge in [0.2, 0.25) is 0 Å². The summed E-state index contributed by atoms with van der Waals surface area (Å²) in [6, 6.07) is 6.59. The van der Waals surface area contributed by atoms with Crippen molar-refractivity contribution in [2.75, 3.05) is 6.61 Å². The Bertz CT molecular complexity index is 450. The highest BCUT2D eigenvalue weighted by Gasteiger charge is 1.90. The normalized spacial score (nSPS) is 9.56. The predicted molar refractivity (Wildman–Crippen MR) is 60.8 cm³/mol. The van der Waals surface area contributed by atoms with E-state index in [1.54, 1.807) is 31.2 Å². The molecule has 0 radical (unpaired) electrons. The smallest absolute Gasteiger partial charge is 0.331 e. The molecule has 0 heterocycles. The topological polar surface area (TPSA) is 46.5 Å². The van der Waals surface area contributed by atoms with E-state index in [9.17, 15) is 4.79 Å². The maximum Gasteiger partial charge on any atom is 0.331 e. The number of phenolic OH excluding ortho intramolecular Hbond substituents is 1. The molecule has 0 saturated carbocycles. The van der Waals surface area contributed by atoms with Gasteiger partial charge in [0.25, 0.3) is 0 Å². The predicted octanol–water partition coefficient (Wildman–Crippen LogP) is 1.86. The van der Waals surface area contributed by atoms with Gasteiger partial charge in [0.15, 0.2) is 0 Å². The first-order chi connectivity index (χ1) is 7.72. The zero-order valence-corrected chi connectivity index (χ0v) is 8.93. The summed E-state index contributed by atoms with van der Waals surface area (Å²) < 4.78 is 4.68. The highest BCUT2D eigenvalue weighted by atomic mass is 16.5. The molecule has 1 aromatic rings. The van der Waals surface area contributed by atoms with Crippen LogP contribution in [-0.4, -0.2) is 17.7 Å². The van der Waals surface area contributed by atoms with E-state index in [0.29, 0.717) is 12.2 Å². The van der Waals surface area contributed by atoms with Crippen molar-refractivity contribution >= 4 is 5.97 Å². The van der Waals surface area contributed by atoms with E-state index in [4.69, 9.17) is 5.11 Å². The Hall–Kier alpha value is -2.21. The van der Waals surface area contributed by atoms with Gasteiger partial charge in [0.05, 0.1) is 6.61 Å². The van der Waals surface area contributed by atoms with Crippen molar-refractivity contribution in [1.82, 2.24) is 0 Å². The second-order valence-corrected chi connectivity index (χ2v) is 2.91. The van der Waals surface area contributed by atoms with E-state index in [1.807, 2.05) is 0 Å². The summed E-state index contributed by atoms with van der Waals surface area (Å²) in [6.45, 7) is 2.09. The number of carbonyl (C=O) groups excluding carboxylic acids is 1. The van der Waals surface area contributed by atoms with E-state index in [0.717, 1.165) is 0 Å². The van der Waals surface area contributed by atoms with Gasteiger partial charge in [0, 0.05) is 11.6 Å². The summed E-state index contributed by atoms with van der Waals surface area (Å²) in [7, 11) is 0. The van der Waals surface area contributed by atoms with Crippen molar-refractivity contribution in [2.24, 2.45) is 0 Å². The van der Waals surface area contributed by atoms with Crippen LogP contribution in [0.25, 0.3) is 0 Å². The van der Waals surface area contributed by atoms with Gasteiger partial charge in [-0.1, -0.05) is 17.9 Å². The van der Waals surface area contributed by atoms with Crippen LogP contribution in [0.2, 0.25) is 0 Å². The number of hydrogen-bond donors (Lipinski definition) is 1. The first-order valence-electron chi connectivity index (χ1n) is 4.86. The number of allylic oxidation sites excluding steroid dienone is 1. The molecule has 0 unspecified atom stereocenters. The van der Waals surface area contributed by atoms with Gasteiger partial charge in [-0.3, -0.25) is 0 Å². The summed E-state index contributed by atoms with van der Waals surface area (Å²) in [6.07, 6.45) is 2.68. The third-order valence-electron chi connectivity index (χ3n) is 1.65. The van der Waals surface area contributed by atoms with E-state index < -0.39 is 5.97 Å². The molecule has 1 rings (SSSR count).